The molecule has 2 atom stereocenters. The van der Waals surface area contributed by atoms with Gasteiger partial charge in [-0.3, -0.25) is 9.59 Å². The molecule has 2 unspecified atom stereocenters. The fourth-order valence-corrected chi connectivity index (χ4v) is 4.81. The zero-order valence-electron chi connectivity index (χ0n) is 15.3. The van der Waals surface area contributed by atoms with Gasteiger partial charge in [0.2, 0.25) is 5.69 Å². The van der Waals surface area contributed by atoms with Crippen molar-refractivity contribution < 1.29 is 28.5 Å². The van der Waals surface area contributed by atoms with E-state index in [0.717, 1.165) is 31.4 Å². The Kier molecular flexibility index (Phi) is 17.8. The maximum Gasteiger partial charge on any atom is 0.308 e. The molecule has 0 fully saturated rings. The van der Waals surface area contributed by atoms with Crippen molar-refractivity contribution in [2.75, 3.05) is 26.6 Å². The number of hydrogen-bond acceptors (Lipinski definition) is 7. The Bertz CT molecular complexity index is 378. The van der Waals surface area contributed by atoms with Crippen LogP contribution in [0.2, 0.25) is 0 Å². The van der Waals surface area contributed by atoms with Crippen LogP contribution in [0.25, 0.3) is 0 Å². The fraction of sp³-hybridized carbons (Fsp3) is 0.867. The molecule has 0 aliphatic heterocycles. The van der Waals surface area contributed by atoms with Crippen LogP contribution < -0.4 is 0 Å². The van der Waals surface area contributed by atoms with Crippen molar-refractivity contribution in [3.63, 3.8) is 0 Å². The van der Waals surface area contributed by atoms with Crippen molar-refractivity contribution in [2.24, 2.45) is 5.92 Å². The quantitative estimate of drug-likeness (QED) is 0.316. The van der Waals surface area contributed by atoms with Crippen molar-refractivity contribution in [1.82, 2.24) is 0 Å². The summed E-state index contributed by atoms with van der Waals surface area (Å²) >= 11 is 6.39. The third-order valence-electron chi connectivity index (χ3n) is 2.81. The van der Waals surface area contributed by atoms with Gasteiger partial charge in [-0.1, -0.05) is 45.0 Å². The Morgan fingerprint density at radius 1 is 1.17 bits per heavy atom. The molecule has 0 saturated heterocycles. The topological polar surface area (TPSA) is 82.1 Å². The molecule has 0 spiro atoms. The van der Waals surface area contributed by atoms with E-state index < -0.39 is 23.6 Å². The molecule has 0 rings (SSSR count). The summed E-state index contributed by atoms with van der Waals surface area (Å²) in [4.78, 5) is 31.0. The smallest absolute Gasteiger partial charge is 0.308 e. The summed E-state index contributed by atoms with van der Waals surface area (Å²) in [5, 5.41) is 0. The van der Waals surface area contributed by atoms with Crippen molar-refractivity contribution in [1.29, 1.82) is 0 Å². The highest BCUT2D eigenvalue weighted by Gasteiger charge is 2.17. The number of esters is 2. The third-order valence-corrected chi connectivity index (χ3v) is 7.22. The Hall–Kier alpha value is -0.140. The predicted molar refractivity (Wildman–Crippen MR) is 103 cm³/mol. The first-order valence-electron chi connectivity index (χ1n) is 8.00. The van der Waals surface area contributed by atoms with Crippen molar-refractivity contribution >= 4 is 40.8 Å². The van der Waals surface area contributed by atoms with Crippen LogP contribution in [-0.2, 0) is 35.4 Å². The zero-order chi connectivity index (χ0) is 19.0. The number of carbonyl (C=O) groups excluding carboxylic acids is 2. The standard InChI is InChI=1S/C8H19O2PS2.C7H12O4/c1-3-5-7-10-11(9,12)13-8-6-4-2;1-5(7(9)11-3)4-6(8)10-2/h3-8H2,1-2H3,(H,9,12);5H,4H2,1-3H3. The minimum absolute atomic E-state index is 0.0726. The minimum atomic E-state index is -2.50. The molecule has 1 N–H and O–H groups in total. The summed E-state index contributed by atoms with van der Waals surface area (Å²) in [5.74, 6) is -0.304. The SMILES string of the molecule is CCCCOP(O)(=S)SCCCC.COC(=O)CC(C)C(=O)OC. The number of methoxy groups -OCH3 is 2. The Balaban J connectivity index is 0. The zero-order valence-corrected chi connectivity index (χ0v) is 17.8. The molecule has 0 bridgehead atoms. The lowest BCUT2D eigenvalue weighted by atomic mass is 10.1. The van der Waals surface area contributed by atoms with Crippen molar-refractivity contribution in [2.45, 2.75) is 52.9 Å². The van der Waals surface area contributed by atoms with Gasteiger partial charge in [-0.05, 0) is 24.6 Å². The van der Waals surface area contributed by atoms with E-state index in [1.165, 1.54) is 25.6 Å². The number of carbonyl (C=O) groups is 2. The number of unbranched alkanes of at least 4 members (excludes halogenated alkanes) is 2. The van der Waals surface area contributed by atoms with Gasteiger partial charge in [-0.2, -0.15) is 0 Å². The summed E-state index contributed by atoms with van der Waals surface area (Å²) < 4.78 is 14.0. The van der Waals surface area contributed by atoms with Crippen LogP contribution in [0.4, 0.5) is 0 Å². The molecule has 0 radical (unpaired) electrons. The molecule has 0 aliphatic rings. The van der Waals surface area contributed by atoms with Crippen LogP contribution >= 0.6 is 17.1 Å². The fourth-order valence-electron chi connectivity index (χ4n) is 1.30. The highest BCUT2D eigenvalue weighted by molar-refractivity contribution is 8.67. The van der Waals surface area contributed by atoms with E-state index in [1.807, 2.05) is 0 Å². The van der Waals surface area contributed by atoms with E-state index in [0.29, 0.717) is 6.61 Å². The van der Waals surface area contributed by atoms with Gasteiger partial charge in [-0.25, -0.2) is 0 Å². The third kappa shape index (κ3) is 16.7. The lowest BCUT2D eigenvalue weighted by molar-refractivity contribution is -0.151. The van der Waals surface area contributed by atoms with Crippen LogP contribution in [0.3, 0.4) is 0 Å². The van der Waals surface area contributed by atoms with Crippen LogP contribution in [0.1, 0.15) is 52.9 Å². The van der Waals surface area contributed by atoms with Crippen LogP contribution in [0.15, 0.2) is 0 Å². The second-order valence-corrected chi connectivity index (χ2v) is 11.3. The molecule has 6 nitrogen and oxygen atoms in total. The molecule has 0 amide bonds. The van der Waals surface area contributed by atoms with Gasteiger partial charge < -0.3 is 18.9 Å². The predicted octanol–water partition coefficient (Wildman–Crippen LogP) is 3.91. The first kappa shape index (κ1) is 26.1. The molecule has 0 aromatic rings. The molecule has 24 heavy (non-hydrogen) atoms. The molecular weight excluding hydrogens is 371 g/mol. The van der Waals surface area contributed by atoms with Crippen molar-refractivity contribution in [3.05, 3.63) is 0 Å². The second kappa shape index (κ2) is 16.3. The van der Waals surface area contributed by atoms with E-state index in [4.69, 9.17) is 16.3 Å². The largest absolute Gasteiger partial charge is 0.469 e. The van der Waals surface area contributed by atoms with Gasteiger partial charge in [0.05, 0.1) is 33.2 Å². The van der Waals surface area contributed by atoms with Gasteiger partial charge >= 0.3 is 11.9 Å². The summed E-state index contributed by atoms with van der Waals surface area (Å²) in [6.45, 7) is 6.43. The average molecular weight is 403 g/mol. The number of ether oxygens (including phenoxy) is 2. The lowest BCUT2D eigenvalue weighted by Gasteiger charge is -2.14. The van der Waals surface area contributed by atoms with Gasteiger partial charge in [0.15, 0.2) is 0 Å². The number of hydrogen-bond donors (Lipinski definition) is 1. The maximum absolute atomic E-state index is 10.7. The molecule has 0 aliphatic carbocycles. The number of rotatable bonds is 11. The molecule has 0 saturated carbocycles. The van der Waals surface area contributed by atoms with E-state index in [9.17, 15) is 14.5 Å². The Morgan fingerprint density at radius 3 is 2.21 bits per heavy atom. The Labute approximate surface area is 154 Å². The molecule has 144 valence electrons. The summed E-state index contributed by atoms with van der Waals surface area (Å²) in [6.07, 6.45) is 4.36. The van der Waals surface area contributed by atoms with Gasteiger partial charge in [0.1, 0.15) is 0 Å². The van der Waals surface area contributed by atoms with Gasteiger partial charge in [0.25, 0.3) is 0 Å². The monoisotopic (exact) mass is 402 g/mol. The minimum Gasteiger partial charge on any atom is -0.469 e. The van der Waals surface area contributed by atoms with Crippen LogP contribution in [0, 0.1) is 5.92 Å². The molecule has 0 aromatic carbocycles. The normalized spacial score (nSPS) is 13.9. The second-order valence-electron chi connectivity index (χ2n) is 5.05. The van der Waals surface area contributed by atoms with Gasteiger partial charge in [0, 0.05) is 5.75 Å². The molecule has 0 heterocycles. The van der Waals surface area contributed by atoms with Gasteiger partial charge in [-0.15, -0.1) is 0 Å². The first-order chi connectivity index (χ1) is 11.2. The lowest BCUT2D eigenvalue weighted by Crippen LogP contribution is -2.17. The summed E-state index contributed by atoms with van der Waals surface area (Å²) in [7, 11) is 2.57. The van der Waals surface area contributed by atoms with Crippen molar-refractivity contribution in [3.8, 4) is 0 Å². The van der Waals surface area contributed by atoms with Crippen LogP contribution in [0.5, 0.6) is 0 Å². The average Bonchev–Trinajstić information content (AvgIpc) is 2.54. The van der Waals surface area contributed by atoms with E-state index in [1.54, 1.807) is 6.92 Å². The highest BCUT2D eigenvalue weighted by atomic mass is 32.9. The Morgan fingerprint density at radius 2 is 1.75 bits per heavy atom. The van der Waals surface area contributed by atoms with Crippen LogP contribution in [-0.4, -0.2) is 43.4 Å². The molecule has 9 heteroatoms. The summed E-state index contributed by atoms with van der Waals surface area (Å²) in [6, 6.07) is 0. The van der Waals surface area contributed by atoms with E-state index >= 15 is 0 Å². The maximum atomic E-state index is 10.7. The molecule has 0 aromatic heterocycles. The highest BCUT2D eigenvalue weighted by Crippen LogP contribution is 2.56. The van der Waals surface area contributed by atoms with E-state index in [2.05, 4.69) is 23.3 Å². The van der Waals surface area contributed by atoms with E-state index in [-0.39, 0.29) is 6.42 Å². The first-order valence-corrected chi connectivity index (χ1v) is 12.3. The molecular formula is C15H31O6PS2. The summed E-state index contributed by atoms with van der Waals surface area (Å²) in [5.41, 5.74) is -2.50.